The maximum Gasteiger partial charge on any atom is 0.417 e. The summed E-state index contributed by atoms with van der Waals surface area (Å²) in [6.45, 7) is 1.88. The van der Waals surface area contributed by atoms with Gasteiger partial charge in [0.2, 0.25) is 10.0 Å². The first-order chi connectivity index (χ1) is 10.0. The highest BCUT2D eigenvalue weighted by Crippen LogP contribution is 2.37. The zero-order valence-electron chi connectivity index (χ0n) is 11.8. The average Bonchev–Trinajstić information content (AvgIpc) is 2.36. The van der Waals surface area contributed by atoms with Crippen LogP contribution >= 0.6 is 11.6 Å². The predicted molar refractivity (Wildman–Crippen MR) is 77.0 cm³/mol. The Labute approximate surface area is 132 Å². The van der Waals surface area contributed by atoms with Gasteiger partial charge in [0, 0.05) is 18.6 Å². The van der Waals surface area contributed by atoms with Crippen LogP contribution in [0.4, 0.5) is 13.2 Å². The van der Waals surface area contributed by atoms with Crippen molar-refractivity contribution in [3.8, 4) is 0 Å². The Morgan fingerprint density at radius 2 is 2.00 bits per heavy atom. The highest BCUT2D eigenvalue weighted by atomic mass is 35.5. The van der Waals surface area contributed by atoms with E-state index in [0.29, 0.717) is 18.9 Å². The summed E-state index contributed by atoms with van der Waals surface area (Å²) >= 11 is 5.52. The van der Waals surface area contributed by atoms with Gasteiger partial charge in [0.25, 0.3) is 0 Å². The predicted octanol–water partition coefficient (Wildman–Crippen LogP) is 2.86. The molecule has 22 heavy (non-hydrogen) atoms. The number of hydrogen-bond donors (Lipinski definition) is 1. The van der Waals surface area contributed by atoms with Crippen molar-refractivity contribution in [2.24, 2.45) is 5.73 Å². The molecule has 0 bridgehead atoms. The van der Waals surface area contributed by atoms with E-state index in [1.165, 1.54) is 4.31 Å². The summed E-state index contributed by atoms with van der Waals surface area (Å²) in [5.41, 5.74) is 4.63. The minimum absolute atomic E-state index is 0.0996. The quantitative estimate of drug-likeness (QED) is 0.886. The van der Waals surface area contributed by atoms with Gasteiger partial charge in [-0.25, -0.2) is 8.42 Å². The van der Waals surface area contributed by atoms with E-state index < -0.39 is 31.7 Å². The summed E-state index contributed by atoms with van der Waals surface area (Å²) < 4.78 is 65.0. The molecule has 0 radical (unpaired) electrons. The van der Waals surface area contributed by atoms with Crippen molar-refractivity contribution in [1.82, 2.24) is 4.31 Å². The molecule has 1 aliphatic rings. The largest absolute Gasteiger partial charge is 0.417 e. The fourth-order valence-corrected chi connectivity index (χ4v) is 4.47. The topological polar surface area (TPSA) is 63.4 Å². The fraction of sp³-hybridized carbons (Fsp3) is 0.538. The minimum atomic E-state index is -4.71. The van der Waals surface area contributed by atoms with E-state index in [9.17, 15) is 21.6 Å². The monoisotopic (exact) mass is 356 g/mol. The van der Waals surface area contributed by atoms with Crippen LogP contribution in [0.25, 0.3) is 0 Å². The molecule has 2 unspecified atom stereocenters. The molecule has 2 atom stereocenters. The van der Waals surface area contributed by atoms with Crippen molar-refractivity contribution in [1.29, 1.82) is 0 Å². The molecule has 4 nitrogen and oxygen atoms in total. The van der Waals surface area contributed by atoms with Gasteiger partial charge in [0.15, 0.2) is 0 Å². The molecule has 2 rings (SSSR count). The lowest BCUT2D eigenvalue weighted by Crippen LogP contribution is -2.48. The summed E-state index contributed by atoms with van der Waals surface area (Å²) in [5.74, 6) is 0. The summed E-state index contributed by atoms with van der Waals surface area (Å²) in [4.78, 5) is -0.411. The van der Waals surface area contributed by atoms with Gasteiger partial charge >= 0.3 is 6.18 Å². The van der Waals surface area contributed by atoms with Crippen LogP contribution < -0.4 is 5.73 Å². The Balaban J connectivity index is 2.42. The first kappa shape index (κ1) is 17.5. The summed E-state index contributed by atoms with van der Waals surface area (Å²) in [6.07, 6.45) is -3.76. The number of halogens is 4. The Bertz CT molecular complexity index is 664. The molecule has 1 aliphatic heterocycles. The highest BCUT2D eigenvalue weighted by molar-refractivity contribution is 7.89. The number of nitrogens with two attached hydrogens (primary N) is 1. The maximum absolute atomic E-state index is 12.9. The Kier molecular flexibility index (Phi) is 4.77. The summed E-state index contributed by atoms with van der Waals surface area (Å²) in [7, 11) is -4.02. The molecule has 0 aliphatic carbocycles. The molecule has 1 aromatic rings. The number of piperidine rings is 1. The SMILES string of the molecule is CC1CC(N)CCN1S(=O)(=O)c1ccc(Cl)c(C(F)(F)F)c1. The Hall–Kier alpha value is -0.830. The van der Waals surface area contributed by atoms with E-state index in [1.807, 2.05) is 0 Å². The summed E-state index contributed by atoms with van der Waals surface area (Å²) in [6, 6.07) is 2.17. The van der Waals surface area contributed by atoms with Crippen LogP contribution in [0.2, 0.25) is 5.02 Å². The molecular weight excluding hydrogens is 341 g/mol. The van der Waals surface area contributed by atoms with Gasteiger partial charge in [-0.2, -0.15) is 17.5 Å². The smallest absolute Gasteiger partial charge is 0.328 e. The van der Waals surface area contributed by atoms with E-state index in [1.54, 1.807) is 6.92 Å². The first-order valence-electron chi connectivity index (χ1n) is 6.67. The number of benzene rings is 1. The van der Waals surface area contributed by atoms with Crippen LogP contribution in [0.3, 0.4) is 0 Å². The van der Waals surface area contributed by atoms with Crippen molar-refractivity contribution in [3.63, 3.8) is 0 Å². The van der Waals surface area contributed by atoms with Crippen molar-refractivity contribution in [2.75, 3.05) is 6.54 Å². The second-order valence-electron chi connectivity index (χ2n) is 5.39. The normalized spacial score (nSPS) is 24.5. The van der Waals surface area contributed by atoms with Gasteiger partial charge in [-0.1, -0.05) is 11.6 Å². The van der Waals surface area contributed by atoms with Crippen molar-refractivity contribution < 1.29 is 21.6 Å². The van der Waals surface area contributed by atoms with Gasteiger partial charge in [-0.15, -0.1) is 0 Å². The zero-order chi connectivity index (χ0) is 16.7. The third kappa shape index (κ3) is 3.40. The van der Waals surface area contributed by atoms with Crippen LogP contribution in [0.1, 0.15) is 25.3 Å². The lowest BCUT2D eigenvalue weighted by molar-refractivity contribution is -0.137. The van der Waals surface area contributed by atoms with Gasteiger partial charge < -0.3 is 5.73 Å². The summed E-state index contributed by atoms with van der Waals surface area (Å²) in [5, 5.41) is -0.528. The van der Waals surface area contributed by atoms with Crippen LogP contribution in [0.5, 0.6) is 0 Å². The van der Waals surface area contributed by atoms with Crippen molar-refractivity contribution in [2.45, 2.75) is 42.9 Å². The van der Waals surface area contributed by atoms with Gasteiger partial charge in [-0.3, -0.25) is 0 Å². The van der Waals surface area contributed by atoms with Gasteiger partial charge in [0.1, 0.15) is 0 Å². The van der Waals surface area contributed by atoms with Crippen LogP contribution in [-0.4, -0.2) is 31.4 Å². The minimum Gasteiger partial charge on any atom is -0.328 e. The third-order valence-electron chi connectivity index (χ3n) is 3.71. The number of hydrogen-bond acceptors (Lipinski definition) is 3. The number of sulfonamides is 1. The van der Waals surface area contributed by atoms with E-state index in [4.69, 9.17) is 17.3 Å². The van der Waals surface area contributed by atoms with E-state index in [0.717, 1.165) is 12.1 Å². The molecule has 0 spiro atoms. The second-order valence-corrected chi connectivity index (χ2v) is 7.69. The number of nitrogens with zero attached hydrogens (tertiary/aromatic N) is 1. The van der Waals surface area contributed by atoms with Crippen LogP contribution in [0, 0.1) is 0 Å². The van der Waals surface area contributed by atoms with E-state index in [-0.39, 0.29) is 18.6 Å². The fourth-order valence-electron chi connectivity index (χ4n) is 2.56. The lowest BCUT2D eigenvalue weighted by Gasteiger charge is -2.35. The zero-order valence-corrected chi connectivity index (χ0v) is 13.3. The lowest BCUT2D eigenvalue weighted by atomic mass is 10.0. The van der Waals surface area contributed by atoms with Gasteiger partial charge in [-0.05, 0) is 38.0 Å². The highest BCUT2D eigenvalue weighted by Gasteiger charge is 2.37. The molecule has 1 fully saturated rings. The standard InChI is InChI=1S/C13H16ClF3N2O2S/c1-8-6-9(18)4-5-19(8)22(20,21)10-2-3-12(14)11(7-10)13(15,16)17/h2-3,7-9H,4-6,18H2,1H3. The molecule has 0 aromatic heterocycles. The molecule has 9 heteroatoms. The second kappa shape index (κ2) is 5.99. The van der Waals surface area contributed by atoms with E-state index in [2.05, 4.69) is 0 Å². The maximum atomic E-state index is 12.9. The average molecular weight is 357 g/mol. The Morgan fingerprint density at radius 1 is 1.36 bits per heavy atom. The molecular formula is C13H16ClF3N2O2S. The molecule has 1 heterocycles. The van der Waals surface area contributed by atoms with Crippen LogP contribution in [-0.2, 0) is 16.2 Å². The molecule has 0 amide bonds. The van der Waals surface area contributed by atoms with E-state index >= 15 is 0 Å². The third-order valence-corrected chi connectivity index (χ3v) is 6.04. The Morgan fingerprint density at radius 3 is 2.55 bits per heavy atom. The van der Waals surface area contributed by atoms with Crippen molar-refractivity contribution in [3.05, 3.63) is 28.8 Å². The molecule has 124 valence electrons. The van der Waals surface area contributed by atoms with Gasteiger partial charge in [0.05, 0.1) is 15.5 Å². The van der Waals surface area contributed by atoms with Crippen molar-refractivity contribution >= 4 is 21.6 Å². The molecule has 1 saturated heterocycles. The molecule has 2 N–H and O–H groups in total. The molecule has 1 aromatic carbocycles. The first-order valence-corrected chi connectivity index (χ1v) is 8.49. The number of rotatable bonds is 2. The molecule has 0 saturated carbocycles. The van der Waals surface area contributed by atoms with Crippen LogP contribution in [0.15, 0.2) is 23.1 Å². The number of alkyl halides is 3.